The predicted molar refractivity (Wildman–Crippen MR) is 72.0 cm³/mol. The van der Waals surface area contributed by atoms with E-state index in [0.29, 0.717) is 27.8 Å². The van der Waals surface area contributed by atoms with Crippen molar-refractivity contribution < 1.29 is 13.2 Å². The highest BCUT2D eigenvalue weighted by Gasteiger charge is 2.35. The smallest absolute Gasteiger partial charge is 0.305 e. The Morgan fingerprint density at radius 2 is 2.21 bits per heavy atom. The lowest BCUT2D eigenvalue weighted by Gasteiger charge is -2.14. The highest BCUT2D eigenvalue weighted by atomic mass is 35.5. The minimum atomic E-state index is -4.40. The summed E-state index contributed by atoms with van der Waals surface area (Å²) in [5.41, 5.74) is 0. The molecule has 0 saturated heterocycles. The number of nitrogens with one attached hydrogen (secondary N) is 1. The van der Waals surface area contributed by atoms with Crippen LogP contribution >= 0.6 is 34.3 Å². The second-order valence-electron chi connectivity index (χ2n) is 3.69. The molecule has 0 aliphatic rings. The van der Waals surface area contributed by atoms with Crippen LogP contribution in [0.5, 0.6) is 0 Å². The van der Waals surface area contributed by atoms with Crippen molar-refractivity contribution in [3.63, 3.8) is 0 Å². The van der Waals surface area contributed by atoms with E-state index in [4.69, 9.17) is 11.6 Å². The second-order valence-corrected chi connectivity index (χ2v) is 6.11. The molecule has 1 N–H and O–H groups in total. The molecule has 0 aliphatic heterocycles. The number of aromatic nitrogens is 1. The SMILES string of the molecule is CCNC(c1cnc(C(F)(F)F)s1)c1sccc1Cl. The molecule has 0 saturated carbocycles. The fourth-order valence-corrected chi connectivity index (χ4v) is 3.79. The first-order chi connectivity index (χ1) is 8.93. The van der Waals surface area contributed by atoms with E-state index in [9.17, 15) is 13.2 Å². The Labute approximate surface area is 121 Å². The largest absolute Gasteiger partial charge is 0.443 e. The fraction of sp³-hybridized carbons (Fsp3) is 0.364. The highest BCUT2D eigenvalue weighted by molar-refractivity contribution is 7.13. The Balaban J connectivity index is 2.35. The summed E-state index contributed by atoms with van der Waals surface area (Å²) in [6.45, 7) is 2.51. The maximum absolute atomic E-state index is 12.6. The molecule has 2 heterocycles. The van der Waals surface area contributed by atoms with Gasteiger partial charge in [0.1, 0.15) is 0 Å². The molecule has 0 fully saturated rings. The predicted octanol–water partition coefficient (Wildman–Crippen LogP) is 4.58. The molecule has 19 heavy (non-hydrogen) atoms. The van der Waals surface area contributed by atoms with Crippen LogP contribution in [0.15, 0.2) is 17.6 Å². The van der Waals surface area contributed by atoms with Crippen molar-refractivity contribution in [2.24, 2.45) is 0 Å². The normalized spacial score (nSPS) is 13.7. The third kappa shape index (κ3) is 3.28. The number of alkyl halides is 3. The van der Waals surface area contributed by atoms with Gasteiger partial charge in [-0.25, -0.2) is 4.98 Å². The average Bonchev–Trinajstić information content (AvgIpc) is 2.94. The van der Waals surface area contributed by atoms with Crippen molar-refractivity contribution >= 4 is 34.3 Å². The summed E-state index contributed by atoms with van der Waals surface area (Å²) in [4.78, 5) is 4.76. The Bertz CT molecular complexity index is 550. The molecule has 2 nitrogen and oxygen atoms in total. The monoisotopic (exact) mass is 326 g/mol. The van der Waals surface area contributed by atoms with Gasteiger partial charge < -0.3 is 5.32 Å². The number of hydrogen-bond donors (Lipinski definition) is 1. The Morgan fingerprint density at radius 1 is 1.47 bits per heavy atom. The van der Waals surface area contributed by atoms with Crippen LogP contribution in [0, 0.1) is 0 Å². The quantitative estimate of drug-likeness (QED) is 0.889. The van der Waals surface area contributed by atoms with Gasteiger partial charge in [0.15, 0.2) is 5.01 Å². The molecule has 2 aromatic heterocycles. The highest BCUT2D eigenvalue weighted by Crippen LogP contribution is 2.39. The molecule has 0 aliphatic carbocycles. The van der Waals surface area contributed by atoms with E-state index in [-0.39, 0.29) is 6.04 Å². The Hall–Kier alpha value is -0.630. The Kier molecular flexibility index (Phi) is 4.50. The molecule has 0 aromatic carbocycles. The van der Waals surface area contributed by atoms with E-state index in [1.165, 1.54) is 17.5 Å². The van der Waals surface area contributed by atoms with Gasteiger partial charge in [-0.1, -0.05) is 18.5 Å². The molecular formula is C11H10ClF3N2S2. The molecule has 0 bridgehead atoms. The summed E-state index contributed by atoms with van der Waals surface area (Å²) in [6.07, 6.45) is -3.14. The first-order valence-corrected chi connectivity index (χ1v) is 7.50. The van der Waals surface area contributed by atoms with Gasteiger partial charge in [0.2, 0.25) is 0 Å². The van der Waals surface area contributed by atoms with Gasteiger partial charge >= 0.3 is 6.18 Å². The van der Waals surface area contributed by atoms with E-state index in [0.717, 1.165) is 4.88 Å². The Morgan fingerprint density at radius 3 is 2.68 bits per heavy atom. The van der Waals surface area contributed by atoms with Crippen molar-refractivity contribution in [3.05, 3.63) is 37.4 Å². The number of nitrogens with zero attached hydrogens (tertiary/aromatic N) is 1. The standard InChI is InChI=1S/C11H10ClF3N2S2/c1-2-16-8(9-6(12)3-4-18-9)7-5-17-10(19-7)11(13,14)15/h3-5,8,16H,2H2,1H3. The molecule has 8 heteroatoms. The van der Waals surface area contributed by atoms with Gasteiger partial charge in [-0.2, -0.15) is 13.2 Å². The topological polar surface area (TPSA) is 24.9 Å². The summed E-state index contributed by atoms with van der Waals surface area (Å²) in [6, 6.07) is 1.39. The number of hydrogen-bond acceptors (Lipinski definition) is 4. The molecule has 0 radical (unpaired) electrons. The van der Waals surface area contributed by atoms with Gasteiger partial charge in [-0.15, -0.1) is 22.7 Å². The van der Waals surface area contributed by atoms with Gasteiger partial charge in [0.25, 0.3) is 0 Å². The van der Waals surface area contributed by atoms with Crippen LogP contribution in [-0.2, 0) is 6.18 Å². The van der Waals surface area contributed by atoms with Gasteiger partial charge in [-0.3, -0.25) is 0 Å². The van der Waals surface area contributed by atoms with Crippen LogP contribution < -0.4 is 5.32 Å². The van der Waals surface area contributed by atoms with Crippen molar-refractivity contribution in [2.45, 2.75) is 19.1 Å². The zero-order chi connectivity index (χ0) is 14.0. The van der Waals surface area contributed by atoms with Crippen LogP contribution in [0.25, 0.3) is 0 Å². The number of rotatable bonds is 4. The number of thiophene rings is 1. The summed E-state index contributed by atoms with van der Waals surface area (Å²) >= 11 is 8.11. The minimum absolute atomic E-state index is 0.342. The molecular weight excluding hydrogens is 317 g/mol. The van der Waals surface area contributed by atoms with Gasteiger partial charge in [0, 0.05) is 16.0 Å². The third-order valence-corrected chi connectivity index (χ3v) is 4.90. The lowest BCUT2D eigenvalue weighted by atomic mass is 10.2. The van der Waals surface area contributed by atoms with E-state index in [1.807, 2.05) is 12.3 Å². The number of thiazole rings is 1. The lowest BCUT2D eigenvalue weighted by molar-refractivity contribution is -0.137. The second kappa shape index (κ2) is 5.78. The number of halogens is 4. The molecule has 2 rings (SSSR count). The van der Waals surface area contributed by atoms with E-state index in [2.05, 4.69) is 10.3 Å². The van der Waals surface area contributed by atoms with Crippen LogP contribution in [0.1, 0.15) is 27.7 Å². The van der Waals surface area contributed by atoms with Crippen molar-refractivity contribution in [1.29, 1.82) is 0 Å². The van der Waals surface area contributed by atoms with Crippen molar-refractivity contribution in [2.75, 3.05) is 6.54 Å². The molecule has 0 spiro atoms. The zero-order valence-corrected chi connectivity index (χ0v) is 12.2. The summed E-state index contributed by atoms with van der Waals surface area (Å²) in [5.74, 6) is 0. The zero-order valence-electron chi connectivity index (χ0n) is 9.79. The fourth-order valence-electron chi connectivity index (χ4n) is 1.59. The first-order valence-electron chi connectivity index (χ1n) is 5.42. The van der Waals surface area contributed by atoms with Gasteiger partial charge in [-0.05, 0) is 18.0 Å². The molecule has 0 amide bonds. The molecule has 2 aromatic rings. The first kappa shape index (κ1) is 14.8. The third-order valence-electron chi connectivity index (χ3n) is 2.37. The van der Waals surface area contributed by atoms with Crippen molar-refractivity contribution in [1.82, 2.24) is 10.3 Å². The molecule has 104 valence electrons. The molecule has 1 atom stereocenters. The van der Waals surface area contributed by atoms with E-state index in [1.54, 1.807) is 6.07 Å². The van der Waals surface area contributed by atoms with Crippen molar-refractivity contribution in [3.8, 4) is 0 Å². The van der Waals surface area contributed by atoms with Gasteiger partial charge in [0.05, 0.1) is 11.1 Å². The van der Waals surface area contributed by atoms with Crippen LogP contribution in [0.4, 0.5) is 13.2 Å². The van der Waals surface area contributed by atoms with Crippen LogP contribution in [0.2, 0.25) is 5.02 Å². The molecule has 1 unspecified atom stereocenters. The average molecular weight is 327 g/mol. The maximum atomic E-state index is 12.6. The maximum Gasteiger partial charge on any atom is 0.443 e. The van der Waals surface area contributed by atoms with E-state index >= 15 is 0 Å². The van der Waals surface area contributed by atoms with Crippen LogP contribution in [-0.4, -0.2) is 11.5 Å². The van der Waals surface area contributed by atoms with Crippen LogP contribution in [0.3, 0.4) is 0 Å². The summed E-state index contributed by atoms with van der Waals surface area (Å²) in [5, 5.41) is 4.67. The summed E-state index contributed by atoms with van der Waals surface area (Å²) in [7, 11) is 0. The van der Waals surface area contributed by atoms with E-state index < -0.39 is 11.2 Å². The lowest BCUT2D eigenvalue weighted by Crippen LogP contribution is -2.20. The minimum Gasteiger partial charge on any atom is -0.305 e. The summed E-state index contributed by atoms with van der Waals surface area (Å²) < 4.78 is 37.7.